The maximum absolute atomic E-state index is 11.0. The Morgan fingerprint density at radius 2 is 1.87 bits per heavy atom. The van der Waals surface area contributed by atoms with Gasteiger partial charge in [-0.15, -0.1) is 0 Å². The fourth-order valence-electron chi connectivity index (χ4n) is 2.94. The second-order valence-corrected chi connectivity index (χ2v) is 6.77. The lowest BCUT2D eigenvalue weighted by Gasteiger charge is -2.30. The molecule has 0 aliphatic carbocycles. The van der Waals surface area contributed by atoms with Crippen molar-refractivity contribution in [3.05, 3.63) is 51.8 Å². The molecular weight excluding hydrogens is 394 g/mol. The fraction of sp³-hybridized carbons (Fsp3) is 0.368. The van der Waals surface area contributed by atoms with E-state index in [2.05, 4.69) is 15.1 Å². The van der Waals surface area contributed by atoms with Crippen molar-refractivity contribution in [3.63, 3.8) is 0 Å². The minimum atomic E-state index is -0.927. The van der Waals surface area contributed by atoms with Gasteiger partial charge in [-0.05, 0) is 31.5 Å². The molecule has 2 heterocycles. The van der Waals surface area contributed by atoms with Crippen molar-refractivity contribution < 1.29 is 24.4 Å². The lowest BCUT2D eigenvalue weighted by molar-refractivity contribution is -0.384. The molecule has 1 aliphatic heterocycles. The van der Waals surface area contributed by atoms with Gasteiger partial charge < -0.3 is 19.6 Å². The fourth-order valence-corrected chi connectivity index (χ4v) is 2.94. The quantitative estimate of drug-likeness (QED) is 0.431. The molecule has 11 nitrogen and oxygen atoms in total. The van der Waals surface area contributed by atoms with E-state index in [4.69, 9.17) is 14.7 Å². The van der Waals surface area contributed by atoms with Crippen LogP contribution in [-0.2, 0) is 0 Å². The van der Waals surface area contributed by atoms with Crippen LogP contribution in [0.5, 0.6) is 11.8 Å². The number of non-ortho nitro benzene ring substituents is 1. The number of carboxylic acid groups (broad SMARTS) is 1. The lowest BCUT2D eigenvalue weighted by Crippen LogP contribution is -2.41. The molecule has 1 aromatic heterocycles. The van der Waals surface area contributed by atoms with Crippen LogP contribution >= 0.6 is 0 Å². The molecule has 2 aromatic rings. The first-order valence-electron chi connectivity index (χ1n) is 9.27. The third kappa shape index (κ3) is 4.99. The van der Waals surface area contributed by atoms with Gasteiger partial charge in [0.15, 0.2) is 0 Å². The molecule has 0 radical (unpaired) electrons. The molecule has 1 fully saturated rings. The van der Waals surface area contributed by atoms with Gasteiger partial charge in [-0.2, -0.15) is 4.98 Å². The van der Waals surface area contributed by atoms with Gasteiger partial charge in [0.1, 0.15) is 12.4 Å². The highest BCUT2D eigenvalue weighted by Gasteiger charge is 2.24. The third-order valence-electron chi connectivity index (χ3n) is 4.75. The largest absolute Gasteiger partial charge is 0.474 e. The summed E-state index contributed by atoms with van der Waals surface area (Å²) in [5.41, 5.74) is 1.76. The number of piperidine rings is 1. The maximum Gasteiger partial charge on any atom is 0.407 e. The van der Waals surface area contributed by atoms with Crippen molar-refractivity contribution >= 4 is 17.5 Å². The molecule has 0 spiro atoms. The summed E-state index contributed by atoms with van der Waals surface area (Å²) >= 11 is 0. The van der Waals surface area contributed by atoms with E-state index in [1.807, 2.05) is 0 Å². The van der Waals surface area contributed by atoms with E-state index in [1.165, 1.54) is 23.4 Å². The van der Waals surface area contributed by atoms with Gasteiger partial charge in [0.2, 0.25) is 5.88 Å². The van der Waals surface area contributed by atoms with Gasteiger partial charge in [0.25, 0.3) is 11.6 Å². The minimum absolute atomic E-state index is 0.00454. The Kier molecular flexibility index (Phi) is 6.40. The van der Waals surface area contributed by atoms with E-state index in [-0.39, 0.29) is 17.7 Å². The minimum Gasteiger partial charge on any atom is -0.474 e. The lowest BCUT2D eigenvalue weighted by atomic mass is 10.1. The van der Waals surface area contributed by atoms with Crippen molar-refractivity contribution in [3.8, 4) is 11.8 Å². The highest BCUT2D eigenvalue weighted by Crippen LogP contribution is 2.26. The molecule has 1 amide bonds. The molecule has 0 atom stereocenters. The van der Waals surface area contributed by atoms with Crippen LogP contribution in [0.4, 0.5) is 10.5 Å². The Labute approximate surface area is 172 Å². The number of carbonyl (C=O) groups is 1. The summed E-state index contributed by atoms with van der Waals surface area (Å²) in [4.78, 5) is 36.3. The molecule has 1 saturated heterocycles. The normalized spacial score (nSPS) is 15.0. The summed E-state index contributed by atoms with van der Waals surface area (Å²) in [6.45, 7) is 4.28. The van der Waals surface area contributed by atoms with E-state index in [0.717, 1.165) is 0 Å². The molecule has 30 heavy (non-hydrogen) atoms. The Balaban J connectivity index is 1.65. The number of hydrogen-bond donors (Lipinski definition) is 1. The molecule has 11 heteroatoms. The van der Waals surface area contributed by atoms with Crippen molar-refractivity contribution in [2.75, 3.05) is 13.1 Å². The number of nitro groups is 1. The molecule has 3 rings (SSSR count). The molecule has 1 aromatic carbocycles. The summed E-state index contributed by atoms with van der Waals surface area (Å²) < 4.78 is 5.92. The van der Waals surface area contributed by atoms with E-state index in [0.29, 0.717) is 48.6 Å². The summed E-state index contributed by atoms with van der Waals surface area (Å²) in [5, 5.41) is 23.8. The zero-order chi connectivity index (χ0) is 21.7. The zero-order valence-corrected chi connectivity index (χ0v) is 16.5. The van der Waals surface area contributed by atoms with Crippen LogP contribution in [0, 0.1) is 17.0 Å². The number of ether oxygens (including phenoxy) is 1. The standard InChI is InChI=1S/C19H21N5O6/c1-12-17(29-16-7-9-23(10-8-16)19(25)26)20-11-21-18(12)30-22-13(2)14-3-5-15(6-4-14)24(27)28/h3-6,11,16H,7-10H2,1-2H3,(H,25,26). The number of nitrogens with zero attached hydrogens (tertiary/aromatic N) is 5. The van der Waals surface area contributed by atoms with Gasteiger partial charge in [0.05, 0.1) is 16.2 Å². The van der Waals surface area contributed by atoms with Crippen molar-refractivity contribution in [2.45, 2.75) is 32.8 Å². The summed E-state index contributed by atoms with van der Waals surface area (Å²) in [7, 11) is 0. The van der Waals surface area contributed by atoms with Crippen molar-refractivity contribution in [1.82, 2.24) is 14.9 Å². The summed E-state index contributed by atoms with van der Waals surface area (Å²) in [6.07, 6.45) is 1.38. The topological polar surface area (TPSA) is 140 Å². The van der Waals surface area contributed by atoms with Crippen LogP contribution in [0.25, 0.3) is 0 Å². The van der Waals surface area contributed by atoms with E-state index in [1.54, 1.807) is 26.0 Å². The molecule has 0 saturated carbocycles. The van der Waals surface area contributed by atoms with E-state index < -0.39 is 11.0 Å². The predicted molar refractivity (Wildman–Crippen MR) is 106 cm³/mol. The number of likely N-dealkylation sites (tertiary alicyclic amines) is 1. The summed E-state index contributed by atoms with van der Waals surface area (Å²) in [5.74, 6) is 0.584. The maximum atomic E-state index is 11.0. The molecular formula is C19H21N5O6. The Bertz CT molecular complexity index is 954. The summed E-state index contributed by atoms with van der Waals surface area (Å²) in [6, 6.07) is 5.97. The van der Waals surface area contributed by atoms with Gasteiger partial charge in [-0.3, -0.25) is 10.1 Å². The average Bonchev–Trinajstić information content (AvgIpc) is 2.74. The number of oxime groups is 1. The number of benzene rings is 1. The molecule has 0 bridgehead atoms. The van der Waals surface area contributed by atoms with Crippen LogP contribution in [-0.4, -0.2) is 55.9 Å². The van der Waals surface area contributed by atoms with Gasteiger partial charge >= 0.3 is 6.09 Å². The van der Waals surface area contributed by atoms with Crippen molar-refractivity contribution in [1.29, 1.82) is 0 Å². The van der Waals surface area contributed by atoms with Crippen LogP contribution in [0.3, 0.4) is 0 Å². The Morgan fingerprint density at radius 1 is 1.23 bits per heavy atom. The third-order valence-corrected chi connectivity index (χ3v) is 4.75. The van der Waals surface area contributed by atoms with Gasteiger partial charge in [-0.1, -0.05) is 5.16 Å². The SMILES string of the molecule is CC(=NOc1ncnc(OC2CCN(C(=O)O)CC2)c1C)c1ccc([N+](=O)[O-])cc1. The number of rotatable bonds is 6. The van der Waals surface area contributed by atoms with Crippen molar-refractivity contribution in [2.24, 2.45) is 5.16 Å². The molecule has 1 N–H and O–H groups in total. The first-order chi connectivity index (χ1) is 14.3. The highest BCUT2D eigenvalue weighted by molar-refractivity contribution is 5.98. The van der Waals surface area contributed by atoms with E-state index in [9.17, 15) is 14.9 Å². The second kappa shape index (κ2) is 9.16. The molecule has 158 valence electrons. The number of nitro benzene ring substituents is 1. The van der Waals surface area contributed by atoms with Gasteiger partial charge in [0, 0.05) is 38.1 Å². The number of aromatic nitrogens is 2. The zero-order valence-electron chi connectivity index (χ0n) is 16.5. The first-order valence-corrected chi connectivity index (χ1v) is 9.27. The predicted octanol–water partition coefficient (Wildman–Crippen LogP) is 3.02. The van der Waals surface area contributed by atoms with Gasteiger partial charge in [-0.25, -0.2) is 9.78 Å². The number of hydrogen-bond acceptors (Lipinski definition) is 8. The average molecular weight is 415 g/mol. The second-order valence-electron chi connectivity index (χ2n) is 6.77. The monoisotopic (exact) mass is 415 g/mol. The van der Waals surface area contributed by atoms with Crippen LogP contribution < -0.4 is 9.57 Å². The first kappa shape index (κ1) is 21.0. The number of amides is 1. The van der Waals surface area contributed by atoms with Crippen LogP contribution in [0.1, 0.15) is 30.9 Å². The Hall–Kier alpha value is -3.76. The smallest absolute Gasteiger partial charge is 0.407 e. The van der Waals surface area contributed by atoms with Crippen LogP contribution in [0.15, 0.2) is 35.7 Å². The van der Waals surface area contributed by atoms with E-state index >= 15 is 0 Å². The van der Waals surface area contributed by atoms with Crippen LogP contribution in [0.2, 0.25) is 0 Å². The molecule has 0 unspecified atom stereocenters. The highest BCUT2D eigenvalue weighted by atomic mass is 16.6. The Morgan fingerprint density at radius 3 is 2.47 bits per heavy atom. The molecule has 1 aliphatic rings.